The van der Waals surface area contributed by atoms with Crippen LogP contribution in [0.2, 0.25) is 5.02 Å². The molecule has 16 heavy (non-hydrogen) atoms. The maximum Gasteiger partial charge on any atom is 0.310 e. The highest BCUT2D eigenvalue weighted by Crippen LogP contribution is 2.33. The van der Waals surface area contributed by atoms with Crippen molar-refractivity contribution in [2.75, 3.05) is 19.5 Å². The van der Waals surface area contributed by atoms with Crippen LogP contribution in [0.5, 0.6) is 5.75 Å². The molecule has 0 saturated heterocycles. The quantitative estimate of drug-likeness (QED) is 0.649. The van der Waals surface area contributed by atoms with Gasteiger partial charge < -0.3 is 15.2 Å². The Hall–Kier alpha value is -1.42. The fourth-order valence-electron chi connectivity index (χ4n) is 1.34. The minimum Gasteiger partial charge on any atom is -0.495 e. The van der Waals surface area contributed by atoms with Gasteiger partial charge in [-0.2, -0.15) is 0 Å². The van der Waals surface area contributed by atoms with Gasteiger partial charge >= 0.3 is 5.97 Å². The Morgan fingerprint density at radius 1 is 1.50 bits per heavy atom. The number of anilines is 1. The van der Waals surface area contributed by atoms with E-state index in [9.17, 15) is 4.79 Å². The van der Waals surface area contributed by atoms with Gasteiger partial charge in [0.2, 0.25) is 0 Å². The molecule has 0 spiro atoms. The SMILES string of the molecule is CCOC(=O)Cc1ccc(N)c(Cl)c1OC. The number of halogens is 1. The molecular weight excluding hydrogens is 230 g/mol. The lowest BCUT2D eigenvalue weighted by atomic mass is 10.1. The van der Waals surface area contributed by atoms with Crippen molar-refractivity contribution in [3.63, 3.8) is 0 Å². The number of ether oxygens (including phenoxy) is 2. The summed E-state index contributed by atoms with van der Waals surface area (Å²) in [7, 11) is 1.48. The van der Waals surface area contributed by atoms with Crippen LogP contribution >= 0.6 is 11.6 Å². The van der Waals surface area contributed by atoms with Crippen molar-refractivity contribution in [2.24, 2.45) is 0 Å². The van der Waals surface area contributed by atoms with Crippen LogP contribution in [-0.4, -0.2) is 19.7 Å². The molecule has 0 aliphatic heterocycles. The molecule has 0 fully saturated rings. The average molecular weight is 244 g/mol. The first kappa shape index (κ1) is 12.6. The molecule has 1 aromatic rings. The molecule has 0 aliphatic rings. The zero-order chi connectivity index (χ0) is 12.1. The Labute approximate surface area is 99.3 Å². The molecule has 1 rings (SSSR count). The van der Waals surface area contributed by atoms with E-state index in [1.165, 1.54) is 7.11 Å². The van der Waals surface area contributed by atoms with Gasteiger partial charge in [-0.3, -0.25) is 4.79 Å². The summed E-state index contributed by atoms with van der Waals surface area (Å²) in [6.45, 7) is 2.11. The van der Waals surface area contributed by atoms with Crippen molar-refractivity contribution in [2.45, 2.75) is 13.3 Å². The number of hydrogen-bond donors (Lipinski definition) is 1. The van der Waals surface area contributed by atoms with Crippen LogP contribution in [0.25, 0.3) is 0 Å². The Bertz CT molecular complexity index is 393. The third-order valence-corrected chi connectivity index (χ3v) is 2.44. The van der Waals surface area contributed by atoms with Crippen molar-refractivity contribution < 1.29 is 14.3 Å². The van der Waals surface area contributed by atoms with Gasteiger partial charge in [0.1, 0.15) is 10.8 Å². The molecule has 0 heterocycles. The summed E-state index contributed by atoms with van der Waals surface area (Å²) in [4.78, 5) is 11.3. The van der Waals surface area contributed by atoms with E-state index in [1.54, 1.807) is 19.1 Å². The predicted molar refractivity (Wildman–Crippen MR) is 62.8 cm³/mol. The Kier molecular flexibility index (Phi) is 4.43. The average Bonchev–Trinajstić information content (AvgIpc) is 2.24. The highest BCUT2D eigenvalue weighted by atomic mass is 35.5. The zero-order valence-corrected chi connectivity index (χ0v) is 10.0. The number of benzene rings is 1. The van der Waals surface area contributed by atoms with Gasteiger partial charge in [0.25, 0.3) is 0 Å². The highest BCUT2D eigenvalue weighted by Gasteiger charge is 2.14. The van der Waals surface area contributed by atoms with Crippen LogP contribution in [0.1, 0.15) is 12.5 Å². The Balaban J connectivity index is 2.96. The molecule has 1 aromatic carbocycles. The minimum absolute atomic E-state index is 0.122. The smallest absolute Gasteiger partial charge is 0.310 e. The third kappa shape index (κ3) is 2.79. The molecule has 0 radical (unpaired) electrons. The fourth-order valence-corrected chi connectivity index (χ4v) is 1.60. The van der Waals surface area contributed by atoms with Crippen LogP contribution in [0.15, 0.2) is 12.1 Å². The topological polar surface area (TPSA) is 61.5 Å². The van der Waals surface area contributed by atoms with Crippen molar-refractivity contribution in [1.29, 1.82) is 0 Å². The number of nitrogen functional groups attached to an aromatic ring is 1. The molecule has 0 aromatic heterocycles. The summed E-state index contributed by atoms with van der Waals surface area (Å²) < 4.78 is 9.96. The lowest BCUT2D eigenvalue weighted by Gasteiger charge is -2.11. The fraction of sp³-hybridized carbons (Fsp3) is 0.364. The number of methoxy groups -OCH3 is 1. The van der Waals surface area contributed by atoms with E-state index in [2.05, 4.69) is 0 Å². The summed E-state index contributed by atoms with van der Waals surface area (Å²) in [5.74, 6) is 0.108. The van der Waals surface area contributed by atoms with E-state index in [-0.39, 0.29) is 12.4 Å². The van der Waals surface area contributed by atoms with E-state index in [1.807, 2.05) is 0 Å². The van der Waals surface area contributed by atoms with E-state index in [4.69, 9.17) is 26.8 Å². The first-order chi connectivity index (χ1) is 7.60. The van der Waals surface area contributed by atoms with Gasteiger partial charge in [-0.25, -0.2) is 0 Å². The van der Waals surface area contributed by atoms with Crippen LogP contribution in [0.3, 0.4) is 0 Å². The van der Waals surface area contributed by atoms with E-state index >= 15 is 0 Å². The molecule has 88 valence electrons. The number of esters is 1. The molecular formula is C11H14ClNO3. The lowest BCUT2D eigenvalue weighted by molar-refractivity contribution is -0.142. The number of carbonyl (C=O) groups is 1. The van der Waals surface area contributed by atoms with Gasteiger partial charge in [0.05, 0.1) is 25.8 Å². The van der Waals surface area contributed by atoms with E-state index in [0.717, 1.165) is 0 Å². The monoisotopic (exact) mass is 243 g/mol. The predicted octanol–water partition coefficient (Wildman–Crippen LogP) is 2.04. The molecule has 0 atom stereocenters. The normalized spacial score (nSPS) is 9.94. The van der Waals surface area contributed by atoms with Crippen molar-refractivity contribution >= 4 is 23.3 Å². The van der Waals surface area contributed by atoms with Gasteiger partial charge in [-0.05, 0) is 13.0 Å². The van der Waals surface area contributed by atoms with Gasteiger partial charge in [0, 0.05) is 5.56 Å². The molecule has 4 nitrogen and oxygen atoms in total. The number of rotatable bonds is 4. The highest BCUT2D eigenvalue weighted by molar-refractivity contribution is 6.34. The summed E-state index contributed by atoms with van der Waals surface area (Å²) in [5, 5.41) is 0.323. The first-order valence-electron chi connectivity index (χ1n) is 4.86. The molecule has 0 saturated carbocycles. The van der Waals surface area contributed by atoms with Crippen LogP contribution in [0.4, 0.5) is 5.69 Å². The molecule has 0 amide bonds. The van der Waals surface area contributed by atoms with Crippen LogP contribution in [-0.2, 0) is 16.0 Å². The Morgan fingerprint density at radius 2 is 2.19 bits per heavy atom. The minimum atomic E-state index is -0.318. The molecule has 0 bridgehead atoms. The van der Waals surface area contributed by atoms with Crippen LogP contribution < -0.4 is 10.5 Å². The molecule has 0 unspecified atom stereocenters. The molecule has 2 N–H and O–H groups in total. The maximum absolute atomic E-state index is 11.3. The lowest BCUT2D eigenvalue weighted by Crippen LogP contribution is -2.09. The molecule has 5 heteroatoms. The first-order valence-corrected chi connectivity index (χ1v) is 5.24. The number of hydrogen-bond acceptors (Lipinski definition) is 4. The number of carbonyl (C=O) groups excluding carboxylic acids is 1. The summed E-state index contributed by atoms with van der Waals surface area (Å²) in [6.07, 6.45) is 0.122. The summed E-state index contributed by atoms with van der Waals surface area (Å²) >= 11 is 5.96. The summed E-state index contributed by atoms with van der Waals surface area (Å²) in [5.41, 5.74) is 6.72. The zero-order valence-electron chi connectivity index (χ0n) is 9.25. The number of nitrogens with two attached hydrogens (primary N) is 1. The van der Waals surface area contributed by atoms with Gasteiger partial charge in [0.15, 0.2) is 0 Å². The van der Waals surface area contributed by atoms with Gasteiger partial charge in [-0.1, -0.05) is 17.7 Å². The van der Waals surface area contributed by atoms with Crippen molar-refractivity contribution in [3.8, 4) is 5.75 Å². The Morgan fingerprint density at radius 3 is 2.75 bits per heavy atom. The largest absolute Gasteiger partial charge is 0.495 e. The van der Waals surface area contributed by atoms with Gasteiger partial charge in [-0.15, -0.1) is 0 Å². The maximum atomic E-state index is 11.3. The van der Waals surface area contributed by atoms with E-state index in [0.29, 0.717) is 28.6 Å². The second-order valence-electron chi connectivity index (χ2n) is 3.14. The standard InChI is InChI=1S/C11H14ClNO3/c1-3-16-9(14)6-7-4-5-8(13)10(12)11(7)15-2/h4-5H,3,6,13H2,1-2H3. The summed E-state index contributed by atoms with van der Waals surface area (Å²) in [6, 6.07) is 3.34. The molecule has 0 aliphatic carbocycles. The van der Waals surface area contributed by atoms with Crippen molar-refractivity contribution in [1.82, 2.24) is 0 Å². The second-order valence-corrected chi connectivity index (χ2v) is 3.52. The van der Waals surface area contributed by atoms with E-state index < -0.39 is 0 Å². The third-order valence-electron chi connectivity index (χ3n) is 2.05. The van der Waals surface area contributed by atoms with Crippen molar-refractivity contribution in [3.05, 3.63) is 22.7 Å². The van der Waals surface area contributed by atoms with Crippen LogP contribution in [0, 0.1) is 0 Å². The second kappa shape index (κ2) is 5.61.